The number of fused-ring (bicyclic) bond motifs is 3. The lowest BCUT2D eigenvalue weighted by Gasteiger charge is -2.39. The third-order valence-electron chi connectivity index (χ3n) is 5.90. The van der Waals surface area contributed by atoms with E-state index < -0.39 is 0 Å². The van der Waals surface area contributed by atoms with Gasteiger partial charge in [-0.15, -0.1) is 0 Å². The van der Waals surface area contributed by atoms with E-state index in [1.807, 2.05) is 11.8 Å². The number of amidine groups is 1. The third kappa shape index (κ3) is 2.86. The van der Waals surface area contributed by atoms with Gasteiger partial charge in [-0.2, -0.15) is 5.10 Å². The van der Waals surface area contributed by atoms with Crippen LogP contribution >= 0.6 is 0 Å². The van der Waals surface area contributed by atoms with Crippen molar-refractivity contribution in [3.63, 3.8) is 0 Å². The van der Waals surface area contributed by atoms with Crippen molar-refractivity contribution in [1.29, 1.82) is 0 Å². The van der Waals surface area contributed by atoms with Crippen molar-refractivity contribution in [3.05, 3.63) is 23.3 Å². The van der Waals surface area contributed by atoms with Gasteiger partial charge in [-0.3, -0.25) is 4.79 Å². The number of nitrogens with one attached hydrogen (secondary N) is 1. The number of piperidine rings is 1. The number of carbonyl (C=O) groups is 1. The molecule has 0 aliphatic carbocycles. The van der Waals surface area contributed by atoms with Crippen LogP contribution in [0.1, 0.15) is 56.6 Å². The van der Waals surface area contributed by atoms with E-state index in [1.165, 1.54) is 24.0 Å². The van der Waals surface area contributed by atoms with Crippen molar-refractivity contribution in [2.75, 3.05) is 31.6 Å². The molecule has 1 unspecified atom stereocenters. The largest absolute Gasteiger partial charge is 0.483 e. The fourth-order valence-corrected chi connectivity index (χ4v) is 4.28. The molecule has 0 aromatic heterocycles. The summed E-state index contributed by atoms with van der Waals surface area (Å²) in [7, 11) is 2.19. The SMILES string of the molecule is CC(C)c1cc2c(cc1C1CCN(C)CC1)N1C(=NNC(=O)C1C)CO2. The van der Waals surface area contributed by atoms with Gasteiger partial charge in [0.15, 0.2) is 5.84 Å². The summed E-state index contributed by atoms with van der Waals surface area (Å²) < 4.78 is 5.99. The van der Waals surface area contributed by atoms with Gasteiger partial charge < -0.3 is 14.5 Å². The van der Waals surface area contributed by atoms with E-state index in [0.717, 1.165) is 30.4 Å². The van der Waals surface area contributed by atoms with Gasteiger partial charge in [0.2, 0.25) is 0 Å². The average molecular weight is 356 g/mol. The van der Waals surface area contributed by atoms with Crippen LogP contribution in [0.4, 0.5) is 5.69 Å². The van der Waals surface area contributed by atoms with E-state index in [9.17, 15) is 4.79 Å². The molecule has 3 aliphatic heterocycles. The maximum atomic E-state index is 12.2. The number of benzene rings is 1. The minimum atomic E-state index is -0.277. The van der Waals surface area contributed by atoms with Crippen molar-refractivity contribution in [2.45, 2.75) is 51.5 Å². The van der Waals surface area contributed by atoms with Gasteiger partial charge in [0.05, 0.1) is 5.69 Å². The number of hydrazone groups is 1. The second kappa shape index (κ2) is 6.58. The number of anilines is 1. The number of likely N-dealkylation sites (tertiary alicyclic amines) is 1. The molecule has 0 spiro atoms. The zero-order valence-electron chi connectivity index (χ0n) is 16.1. The zero-order chi connectivity index (χ0) is 18.4. The molecule has 6 nitrogen and oxygen atoms in total. The smallest absolute Gasteiger partial charge is 0.262 e. The number of nitrogens with zero attached hydrogens (tertiary/aromatic N) is 3. The Kier molecular flexibility index (Phi) is 4.39. The Morgan fingerprint density at radius 1 is 1.27 bits per heavy atom. The lowest BCUT2D eigenvalue weighted by Crippen LogP contribution is -2.55. The summed E-state index contributed by atoms with van der Waals surface area (Å²) in [6.45, 7) is 9.06. The normalized spacial score (nSPS) is 23.9. The number of ether oxygens (including phenoxy) is 1. The van der Waals surface area contributed by atoms with Crippen LogP contribution in [0.25, 0.3) is 0 Å². The van der Waals surface area contributed by atoms with Crippen LogP contribution in [0.5, 0.6) is 5.75 Å². The van der Waals surface area contributed by atoms with Gasteiger partial charge >= 0.3 is 0 Å². The molecule has 1 aromatic carbocycles. The second-order valence-corrected chi connectivity index (χ2v) is 8.02. The summed E-state index contributed by atoms with van der Waals surface area (Å²) in [6.07, 6.45) is 2.35. The molecule has 0 bridgehead atoms. The Hall–Kier alpha value is -2.08. The van der Waals surface area contributed by atoms with E-state index in [1.54, 1.807) is 0 Å². The standard InChI is InChI=1S/C20H28N4O2/c1-12(2)15-10-18-17(9-16(15)14-5-7-23(4)8-6-14)24-13(3)20(25)22-21-19(24)11-26-18/h9-10,12-14H,5-8,11H2,1-4H3,(H,22,25). The second-order valence-electron chi connectivity index (χ2n) is 8.02. The fourth-order valence-electron chi connectivity index (χ4n) is 4.28. The molecule has 1 saturated heterocycles. The summed E-state index contributed by atoms with van der Waals surface area (Å²) in [5, 5.41) is 4.20. The quantitative estimate of drug-likeness (QED) is 0.885. The minimum absolute atomic E-state index is 0.0737. The lowest BCUT2D eigenvalue weighted by atomic mass is 9.82. The maximum absolute atomic E-state index is 12.2. The molecule has 1 atom stereocenters. The molecule has 140 valence electrons. The van der Waals surface area contributed by atoms with E-state index in [-0.39, 0.29) is 11.9 Å². The highest BCUT2D eigenvalue weighted by Crippen LogP contribution is 2.43. The highest BCUT2D eigenvalue weighted by atomic mass is 16.5. The lowest BCUT2D eigenvalue weighted by molar-refractivity contribution is -0.122. The summed E-state index contributed by atoms with van der Waals surface area (Å²) in [4.78, 5) is 16.6. The number of hydrogen-bond acceptors (Lipinski definition) is 5. The molecule has 1 amide bonds. The van der Waals surface area contributed by atoms with Gasteiger partial charge in [0.1, 0.15) is 18.4 Å². The first-order chi connectivity index (χ1) is 12.5. The number of amides is 1. The monoisotopic (exact) mass is 356 g/mol. The Bertz CT molecular complexity index is 750. The van der Waals surface area contributed by atoms with Crippen molar-refractivity contribution in [1.82, 2.24) is 10.3 Å². The summed E-state index contributed by atoms with van der Waals surface area (Å²) in [5.74, 6) is 2.57. The molecule has 6 heteroatoms. The highest BCUT2D eigenvalue weighted by Gasteiger charge is 2.36. The molecule has 3 aliphatic rings. The van der Waals surface area contributed by atoms with E-state index in [2.05, 4.69) is 48.5 Å². The summed E-state index contributed by atoms with van der Waals surface area (Å²) in [6, 6.07) is 4.19. The number of rotatable bonds is 2. The Morgan fingerprint density at radius 2 is 2.00 bits per heavy atom. The van der Waals surface area contributed by atoms with Crippen molar-refractivity contribution >= 4 is 17.4 Å². The molecule has 1 fully saturated rings. The Labute approximate surface area is 155 Å². The van der Waals surface area contributed by atoms with Crippen molar-refractivity contribution in [2.24, 2.45) is 5.10 Å². The molecule has 1 N–H and O–H groups in total. The zero-order valence-corrected chi connectivity index (χ0v) is 16.1. The molecule has 26 heavy (non-hydrogen) atoms. The van der Waals surface area contributed by atoms with Gasteiger partial charge in [-0.1, -0.05) is 13.8 Å². The number of carbonyl (C=O) groups excluding carboxylic acids is 1. The van der Waals surface area contributed by atoms with Gasteiger partial charge in [-0.25, -0.2) is 5.43 Å². The topological polar surface area (TPSA) is 57.2 Å². The molecular formula is C20H28N4O2. The third-order valence-corrected chi connectivity index (χ3v) is 5.90. The fraction of sp³-hybridized carbons (Fsp3) is 0.600. The van der Waals surface area contributed by atoms with Crippen LogP contribution in [-0.2, 0) is 4.79 Å². The van der Waals surface area contributed by atoms with E-state index >= 15 is 0 Å². The van der Waals surface area contributed by atoms with Gasteiger partial charge in [0.25, 0.3) is 5.91 Å². The van der Waals surface area contributed by atoms with Crippen LogP contribution in [-0.4, -0.2) is 49.4 Å². The van der Waals surface area contributed by atoms with Gasteiger partial charge in [-0.05, 0) is 75.0 Å². The molecule has 0 saturated carbocycles. The Balaban J connectivity index is 1.79. The molecule has 4 rings (SSSR count). The molecule has 0 radical (unpaired) electrons. The van der Waals surface area contributed by atoms with Crippen LogP contribution in [0.3, 0.4) is 0 Å². The van der Waals surface area contributed by atoms with Crippen molar-refractivity contribution < 1.29 is 9.53 Å². The number of hydrogen-bond donors (Lipinski definition) is 1. The molecule has 3 heterocycles. The van der Waals surface area contributed by atoms with Crippen LogP contribution < -0.4 is 15.1 Å². The predicted octanol–water partition coefficient (Wildman–Crippen LogP) is 2.65. The highest BCUT2D eigenvalue weighted by molar-refractivity contribution is 6.09. The van der Waals surface area contributed by atoms with Crippen LogP contribution in [0.15, 0.2) is 17.2 Å². The van der Waals surface area contributed by atoms with E-state index in [4.69, 9.17) is 4.74 Å². The van der Waals surface area contributed by atoms with Crippen LogP contribution in [0.2, 0.25) is 0 Å². The molecule has 1 aromatic rings. The first-order valence-electron chi connectivity index (χ1n) is 9.60. The maximum Gasteiger partial charge on any atom is 0.262 e. The van der Waals surface area contributed by atoms with Crippen molar-refractivity contribution in [3.8, 4) is 5.75 Å². The molecular weight excluding hydrogens is 328 g/mol. The van der Waals surface area contributed by atoms with E-state index in [0.29, 0.717) is 18.4 Å². The summed E-state index contributed by atoms with van der Waals surface area (Å²) in [5.41, 5.74) is 6.36. The van der Waals surface area contributed by atoms with Gasteiger partial charge in [0, 0.05) is 0 Å². The first kappa shape index (κ1) is 17.3. The van der Waals surface area contributed by atoms with Crippen LogP contribution in [0, 0.1) is 0 Å². The Morgan fingerprint density at radius 3 is 2.69 bits per heavy atom. The average Bonchev–Trinajstić information content (AvgIpc) is 2.64. The minimum Gasteiger partial charge on any atom is -0.483 e. The first-order valence-corrected chi connectivity index (χ1v) is 9.60. The summed E-state index contributed by atoms with van der Waals surface area (Å²) >= 11 is 0. The predicted molar refractivity (Wildman–Crippen MR) is 103 cm³/mol.